The number of nitrogens with one attached hydrogen (secondary N) is 1. The van der Waals surface area contributed by atoms with Crippen LogP contribution in [0.1, 0.15) is 32.3 Å². The van der Waals surface area contributed by atoms with Crippen molar-refractivity contribution in [1.29, 1.82) is 0 Å². The van der Waals surface area contributed by atoms with Crippen LogP contribution in [0.15, 0.2) is 30.3 Å². The van der Waals surface area contributed by atoms with Gasteiger partial charge in [-0.1, -0.05) is 44.2 Å². The van der Waals surface area contributed by atoms with E-state index in [0.29, 0.717) is 12.3 Å². The topological polar surface area (TPSA) is 52.6 Å². The molecule has 1 fully saturated rings. The van der Waals surface area contributed by atoms with Gasteiger partial charge in [-0.2, -0.15) is 0 Å². The van der Waals surface area contributed by atoms with Crippen molar-refractivity contribution in [3.05, 3.63) is 35.9 Å². The monoisotopic (exact) mass is 304 g/mol. The Bertz CT molecular complexity index is 461. The lowest BCUT2D eigenvalue weighted by molar-refractivity contribution is -0.123. The lowest BCUT2D eigenvalue weighted by Gasteiger charge is -2.38. The number of rotatable bonds is 6. The van der Waals surface area contributed by atoms with Crippen LogP contribution in [-0.2, 0) is 11.3 Å². The van der Waals surface area contributed by atoms with Crippen LogP contribution < -0.4 is 5.32 Å². The highest BCUT2D eigenvalue weighted by Gasteiger charge is 2.29. The lowest BCUT2D eigenvalue weighted by Crippen LogP contribution is -2.53. The molecule has 0 radical (unpaired) electrons. The number of hydrogen-bond acceptors (Lipinski definition) is 3. The third-order valence-electron chi connectivity index (χ3n) is 4.26. The summed E-state index contributed by atoms with van der Waals surface area (Å²) in [5.74, 6) is 0.625. The molecule has 2 atom stereocenters. The average molecular weight is 304 g/mol. The van der Waals surface area contributed by atoms with Crippen molar-refractivity contribution in [3.8, 4) is 0 Å². The minimum absolute atomic E-state index is 0.0497. The standard InChI is InChI=1S/C18H28N2O2/c1-14(2)10-18(22)19-17-12-20(9-8-16(17)13-21)11-15-6-4-3-5-7-15/h3-7,14,16-17,21H,8-13H2,1-2H3,(H,19,22). The van der Waals surface area contributed by atoms with Crippen LogP contribution in [0.4, 0.5) is 0 Å². The molecule has 4 heteroatoms. The van der Waals surface area contributed by atoms with Gasteiger partial charge in [0.1, 0.15) is 0 Å². The zero-order valence-corrected chi connectivity index (χ0v) is 13.7. The number of aliphatic hydroxyl groups excluding tert-OH is 1. The first-order valence-electron chi connectivity index (χ1n) is 8.25. The van der Waals surface area contributed by atoms with E-state index in [0.717, 1.165) is 26.1 Å². The molecule has 4 nitrogen and oxygen atoms in total. The van der Waals surface area contributed by atoms with Gasteiger partial charge in [-0.05, 0) is 24.4 Å². The Balaban J connectivity index is 1.92. The summed E-state index contributed by atoms with van der Waals surface area (Å²) < 4.78 is 0. The van der Waals surface area contributed by atoms with Crippen LogP contribution in [0.2, 0.25) is 0 Å². The Morgan fingerprint density at radius 3 is 2.73 bits per heavy atom. The number of aliphatic hydroxyl groups is 1. The van der Waals surface area contributed by atoms with E-state index in [2.05, 4.69) is 34.5 Å². The van der Waals surface area contributed by atoms with E-state index in [1.54, 1.807) is 0 Å². The number of nitrogens with zero attached hydrogens (tertiary/aromatic N) is 1. The second kappa shape index (κ2) is 8.30. The van der Waals surface area contributed by atoms with E-state index in [4.69, 9.17) is 0 Å². The first kappa shape index (κ1) is 17.0. The van der Waals surface area contributed by atoms with Crippen molar-refractivity contribution in [2.75, 3.05) is 19.7 Å². The van der Waals surface area contributed by atoms with Gasteiger partial charge in [0.2, 0.25) is 5.91 Å². The van der Waals surface area contributed by atoms with Crippen molar-refractivity contribution >= 4 is 5.91 Å². The van der Waals surface area contributed by atoms with E-state index in [1.165, 1.54) is 5.56 Å². The predicted octanol–water partition coefficient (Wildman–Crippen LogP) is 2.03. The Labute approximate surface area is 133 Å². The van der Waals surface area contributed by atoms with E-state index in [1.807, 2.05) is 19.9 Å². The summed E-state index contributed by atoms with van der Waals surface area (Å²) in [5.41, 5.74) is 1.29. The molecule has 122 valence electrons. The molecular formula is C18H28N2O2. The van der Waals surface area contributed by atoms with Crippen molar-refractivity contribution in [2.24, 2.45) is 11.8 Å². The molecule has 1 saturated heterocycles. The zero-order valence-electron chi connectivity index (χ0n) is 13.7. The van der Waals surface area contributed by atoms with E-state index >= 15 is 0 Å². The molecule has 1 amide bonds. The summed E-state index contributed by atoms with van der Waals surface area (Å²) in [6, 6.07) is 10.4. The average Bonchev–Trinajstić information content (AvgIpc) is 2.47. The fraction of sp³-hybridized carbons (Fsp3) is 0.611. The summed E-state index contributed by atoms with van der Waals surface area (Å²) in [6.07, 6.45) is 1.48. The van der Waals surface area contributed by atoms with E-state index in [-0.39, 0.29) is 24.5 Å². The summed E-state index contributed by atoms with van der Waals surface area (Å²) in [4.78, 5) is 14.4. The maximum absolute atomic E-state index is 12.0. The van der Waals surface area contributed by atoms with Crippen LogP contribution in [0, 0.1) is 11.8 Å². The number of carbonyl (C=O) groups excluding carboxylic acids is 1. The smallest absolute Gasteiger partial charge is 0.220 e. The van der Waals surface area contributed by atoms with Gasteiger partial charge in [-0.3, -0.25) is 9.69 Å². The molecule has 1 aliphatic heterocycles. The normalized spacial score (nSPS) is 22.7. The Morgan fingerprint density at radius 1 is 1.36 bits per heavy atom. The number of likely N-dealkylation sites (tertiary alicyclic amines) is 1. The van der Waals surface area contributed by atoms with Crippen LogP contribution in [0.25, 0.3) is 0 Å². The molecule has 2 N–H and O–H groups in total. The highest BCUT2D eigenvalue weighted by Crippen LogP contribution is 2.19. The summed E-state index contributed by atoms with van der Waals surface area (Å²) in [7, 11) is 0. The second-order valence-electron chi connectivity index (χ2n) is 6.72. The molecular weight excluding hydrogens is 276 g/mol. The SMILES string of the molecule is CC(C)CC(=O)NC1CN(Cc2ccccc2)CCC1CO. The van der Waals surface area contributed by atoms with Gasteiger partial charge in [0.15, 0.2) is 0 Å². The van der Waals surface area contributed by atoms with Gasteiger partial charge in [-0.25, -0.2) is 0 Å². The van der Waals surface area contributed by atoms with Crippen LogP contribution in [0.3, 0.4) is 0 Å². The number of amides is 1. The molecule has 1 aliphatic rings. The zero-order chi connectivity index (χ0) is 15.9. The molecule has 0 spiro atoms. The maximum Gasteiger partial charge on any atom is 0.220 e. The highest BCUT2D eigenvalue weighted by molar-refractivity contribution is 5.76. The fourth-order valence-electron chi connectivity index (χ4n) is 3.07. The molecule has 2 unspecified atom stereocenters. The number of carbonyl (C=O) groups is 1. The summed E-state index contributed by atoms with van der Waals surface area (Å²) in [5, 5.41) is 12.7. The van der Waals surface area contributed by atoms with Crippen LogP contribution >= 0.6 is 0 Å². The Morgan fingerprint density at radius 2 is 2.09 bits per heavy atom. The van der Waals surface area contributed by atoms with Gasteiger partial charge < -0.3 is 10.4 Å². The number of piperidine rings is 1. The molecule has 1 heterocycles. The molecule has 0 aromatic heterocycles. The minimum atomic E-state index is 0.0497. The highest BCUT2D eigenvalue weighted by atomic mass is 16.3. The third kappa shape index (κ3) is 5.11. The van der Waals surface area contributed by atoms with Crippen molar-refractivity contribution < 1.29 is 9.90 Å². The largest absolute Gasteiger partial charge is 0.396 e. The molecule has 1 aromatic rings. The minimum Gasteiger partial charge on any atom is -0.396 e. The van der Waals surface area contributed by atoms with Crippen molar-refractivity contribution in [2.45, 2.75) is 39.3 Å². The third-order valence-corrected chi connectivity index (χ3v) is 4.26. The molecule has 0 aliphatic carbocycles. The molecule has 22 heavy (non-hydrogen) atoms. The van der Waals surface area contributed by atoms with E-state index < -0.39 is 0 Å². The summed E-state index contributed by atoms with van der Waals surface area (Å²) >= 11 is 0. The van der Waals surface area contributed by atoms with Crippen LogP contribution in [-0.4, -0.2) is 41.7 Å². The Hall–Kier alpha value is -1.39. The van der Waals surface area contributed by atoms with Gasteiger partial charge in [0, 0.05) is 38.1 Å². The van der Waals surface area contributed by atoms with Gasteiger partial charge in [0.05, 0.1) is 0 Å². The predicted molar refractivity (Wildman–Crippen MR) is 88.3 cm³/mol. The lowest BCUT2D eigenvalue weighted by atomic mass is 9.91. The van der Waals surface area contributed by atoms with Crippen LogP contribution in [0.5, 0.6) is 0 Å². The van der Waals surface area contributed by atoms with Gasteiger partial charge in [-0.15, -0.1) is 0 Å². The first-order valence-corrected chi connectivity index (χ1v) is 8.25. The fourth-order valence-corrected chi connectivity index (χ4v) is 3.07. The van der Waals surface area contributed by atoms with E-state index in [9.17, 15) is 9.90 Å². The molecule has 0 saturated carbocycles. The van der Waals surface area contributed by atoms with Crippen molar-refractivity contribution in [1.82, 2.24) is 10.2 Å². The molecule has 0 bridgehead atoms. The van der Waals surface area contributed by atoms with Gasteiger partial charge in [0.25, 0.3) is 0 Å². The maximum atomic E-state index is 12.0. The summed E-state index contributed by atoms with van der Waals surface area (Å²) in [6.45, 7) is 6.92. The molecule has 1 aromatic carbocycles. The number of hydrogen-bond donors (Lipinski definition) is 2. The number of benzene rings is 1. The molecule has 2 rings (SSSR count). The van der Waals surface area contributed by atoms with Crippen molar-refractivity contribution in [3.63, 3.8) is 0 Å². The first-order chi connectivity index (χ1) is 10.6. The Kier molecular flexibility index (Phi) is 6.40. The van der Waals surface area contributed by atoms with Gasteiger partial charge >= 0.3 is 0 Å². The second-order valence-corrected chi connectivity index (χ2v) is 6.72. The quantitative estimate of drug-likeness (QED) is 0.845.